The van der Waals surface area contributed by atoms with E-state index in [1.807, 2.05) is 12.1 Å². The Morgan fingerprint density at radius 2 is 1.85 bits per heavy atom. The third kappa shape index (κ3) is 4.08. The second kappa shape index (κ2) is 7.51. The molecule has 3 rings (SSSR count). The van der Waals surface area contributed by atoms with Crippen LogP contribution in [-0.4, -0.2) is 28.3 Å². The van der Waals surface area contributed by atoms with Crippen LogP contribution in [0.4, 0.5) is 4.79 Å². The first-order valence-corrected chi connectivity index (χ1v) is 9.11. The summed E-state index contributed by atoms with van der Waals surface area (Å²) in [7, 11) is 0. The van der Waals surface area contributed by atoms with Crippen LogP contribution in [0.5, 0.6) is 5.75 Å². The van der Waals surface area contributed by atoms with Crippen LogP contribution in [0.2, 0.25) is 5.02 Å². The van der Waals surface area contributed by atoms with Crippen LogP contribution < -0.4 is 10.1 Å². The van der Waals surface area contributed by atoms with Crippen LogP contribution in [0, 0.1) is 0 Å². The molecule has 0 spiro atoms. The molecule has 0 saturated carbocycles. The minimum absolute atomic E-state index is 0.118. The summed E-state index contributed by atoms with van der Waals surface area (Å²) in [5, 5.41) is 2.38. The molecule has 1 N–H and O–H groups in total. The number of benzene rings is 2. The molecule has 1 aliphatic heterocycles. The van der Waals surface area contributed by atoms with Gasteiger partial charge in [0.15, 0.2) is 6.61 Å². The molecular formula is C19H16ClNO4S. The van der Waals surface area contributed by atoms with Gasteiger partial charge in [0.2, 0.25) is 11.7 Å². The number of rotatable bonds is 6. The monoisotopic (exact) mass is 389 g/mol. The summed E-state index contributed by atoms with van der Waals surface area (Å²) in [6, 6.07) is 13.9. The van der Waals surface area contributed by atoms with E-state index in [1.165, 1.54) is 0 Å². The Balaban J connectivity index is 1.60. The molecule has 1 fully saturated rings. The quantitative estimate of drug-likeness (QED) is 0.759. The number of ketones is 1. The van der Waals surface area contributed by atoms with Gasteiger partial charge in [0, 0.05) is 5.56 Å². The number of imide groups is 1. The second-order valence-corrected chi connectivity index (χ2v) is 7.97. The lowest BCUT2D eigenvalue weighted by Crippen LogP contribution is -2.35. The number of carbonyl (C=O) groups is 3. The largest absolute Gasteiger partial charge is 0.485 e. The van der Waals surface area contributed by atoms with Gasteiger partial charge in [-0.3, -0.25) is 19.7 Å². The Morgan fingerprint density at radius 3 is 2.46 bits per heavy atom. The van der Waals surface area contributed by atoms with Gasteiger partial charge in [-0.15, -0.1) is 0 Å². The van der Waals surface area contributed by atoms with Crippen molar-refractivity contribution in [1.82, 2.24) is 5.32 Å². The molecule has 0 aromatic heterocycles. The number of Topliss-reactive ketones (excluding diaryl/α,β-unsaturated/α-hetero) is 1. The maximum absolute atomic E-state index is 12.2. The summed E-state index contributed by atoms with van der Waals surface area (Å²) >= 11 is 7.00. The molecule has 1 aliphatic rings. The zero-order valence-corrected chi connectivity index (χ0v) is 15.5. The third-order valence-corrected chi connectivity index (χ3v) is 5.42. The smallest absolute Gasteiger partial charge is 0.286 e. The average Bonchev–Trinajstić information content (AvgIpc) is 2.86. The van der Waals surface area contributed by atoms with Crippen molar-refractivity contribution >= 4 is 40.3 Å². The van der Waals surface area contributed by atoms with Gasteiger partial charge in [-0.1, -0.05) is 35.9 Å². The molecule has 5 nitrogen and oxygen atoms in total. The Morgan fingerprint density at radius 1 is 1.15 bits per heavy atom. The fourth-order valence-corrected chi connectivity index (χ4v) is 3.80. The molecule has 134 valence electrons. The zero-order valence-electron chi connectivity index (χ0n) is 14.0. The fourth-order valence-electron chi connectivity index (χ4n) is 2.62. The summed E-state index contributed by atoms with van der Waals surface area (Å²) in [6.07, 6.45) is 0.425. The fraction of sp³-hybridized carbons (Fsp3) is 0.211. The maximum Gasteiger partial charge on any atom is 0.286 e. The number of hydrogen-bond acceptors (Lipinski definition) is 5. The number of halogens is 1. The van der Waals surface area contributed by atoms with Gasteiger partial charge in [-0.05, 0) is 54.9 Å². The first-order valence-electron chi connectivity index (χ1n) is 7.91. The summed E-state index contributed by atoms with van der Waals surface area (Å²) < 4.78 is 4.71. The predicted molar refractivity (Wildman–Crippen MR) is 101 cm³/mol. The van der Waals surface area contributed by atoms with E-state index in [1.54, 1.807) is 43.3 Å². The number of amides is 2. The molecule has 1 atom stereocenters. The van der Waals surface area contributed by atoms with Crippen LogP contribution in [0.25, 0.3) is 0 Å². The van der Waals surface area contributed by atoms with E-state index >= 15 is 0 Å². The number of carbonyl (C=O) groups excluding carboxylic acids is 3. The number of thioether (sulfide) groups is 1. The van der Waals surface area contributed by atoms with Gasteiger partial charge in [0.25, 0.3) is 5.24 Å². The minimum atomic E-state index is -0.806. The van der Waals surface area contributed by atoms with E-state index in [2.05, 4.69) is 5.32 Å². The average molecular weight is 390 g/mol. The molecule has 2 amide bonds. The Hall–Kier alpha value is -2.31. The van der Waals surface area contributed by atoms with Crippen molar-refractivity contribution < 1.29 is 19.1 Å². The molecule has 0 unspecified atom stereocenters. The summed E-state index contributed by atoms with van der Waals surface area (Å²) in [6.45, 7) is 1.62. The van der Waals surface area contributed by atoms with E-state index in [9.17, 15) is 14.4 Å². The maximum atomic E-state index is 12.2. The predicted octanol–water partition coefficient (Wildman–Crippen LogP) is 3.89. The third-order valence-electron chi connectivity index (χ3n) is 4.02. The molecule has 2 aromatic rings. The number of hydrogen-bond donors (Lipinski definition) is 1. The molecule has 0 bridgehead atoms. The lowest BCUT2D eigenvalue weighted by Gasteiger charge is -2.18. The van der Waals surface area contributed by atoms with Crippen LogP contribution in [0.3, 0.4) is 0 Å². The summed E-state index contributed by atoms with van der Waals surface area (Å²) in [5.74, 6) is 0.0572. The van der Waals surface area contributed by atoms with E-state index in [0.717, 1.165) is 17.3 Å². The van der Waals surface area contributed by atoms with Gasteiger partial charge in [0.1, 0.15) is 10.5 Å². The van der Waals surface area contributed by atoms with Gasteiger partial charge in [0.05, 0.1) is 5.02 Å². The van der Waals surface area contributed by atoms with E-state index in [4.69, 9.17) is 16.3 Å². The highest BCUT2D eigenvalue weighted by molar-refractivity contribution is 8.16. The van der Waals surface area contributed by atoms with Crippen LogP contribution in [0.1, 0.15) is 22.8 Å². The van der Waals surface area contributed by atoms with E-state index < -0.39 is 4.75 Å². The number of nitrogens with one attached hydrogen (secondary N) is 1. The lowest BCUT2D eigenvalue weighted by atomic mass is 9.99. The lowest BCUT2D eigenvalue weighted by molar-refractivity contribution is -0.121. The van der Waals surface area contributed by atoms with Gasteiger partial charge in [-0.2, -0.15) is 0 Å². The number of ether oxygens (including phenoxy) is 1. The standard InChI is InChI=1S/C19H16ClNO4S/c1-19(17(23)21-18(24)26-19)10-12-6-8-13(9-7-12)25-11-16(22)14-4-2-3-5-15(14)20/h2-9H,10-11H2,1H3,(H,21,23,24)/t19-/m0/s1. The topological polar surface area (TPSA) is 72.5 Å². The first-order chi connectivity index (χ1) is 12.4. The highest BCUT2D eigenvalue weighted by atomic mass is 35.5. The Kier molecular flexibility index (Phi) is 5.34. The van der Waals surface area contributed by atoms with E-state index in [-0.39, 0.29) is 23.5 Å². The molecule has 0 radical (unpaired) electrons. The van der Waals surface area contributed by atoms with Gasteiger partial charge >= 0.3 is 0 Å². The molecule has 7 heteroatoms. The van der Waals surface area contributed by atoms with Gasteiger partial charge in [-0.25, -0.2) is 0 Å². The van der Waals surface area contributed by atoms with Crippen molar-refractivity contribution in [2.24, 2.45) is 0 Å². The molecule has 26 heavy (non-hydrogen) atoms. The van der Waals surface area contributed by atoms with Crippen LogP contribution >= 0.6 is 23.4 Å². The summed E-state index contributed by atoms with van der Waals surface area (Å²) in [5.41, 5.74) is 1.32. The van der Waals surface area contributed by atoms with Crippen molar-refractivity contribution in [3.8, 4) is 5.75 Å². The molecule has 1 saturated heterocycles. The van der Waals surface area contributed by atoms with Crippen molar-refractivity contribution in [3.63, 3.8) is 0 Å². The molecule has 1 heterocycles. The molecule has 2 aromatic carbocycles. The highest BCUT2D eigenvalue weighted by Gasteiger charge is 2.43. The van der Waals surface area contributed by atoms with Crippen molar-refractivity contribution in [3.05, 3.63) is 64.7 Å². The normalized spacial score (nSPS) is 19.3. The molecular weight excluding hydrogens is 374 g/mol. The highest BCUT2D eigenvalue weighted by Crippen LogP contribution is 2.34. The SMILES string of the molecule is C[C@@]1(Cc2ccc(OCC(=O)c3ccccc3Cl)cc2)SC(=O)NC1=O. The van der Waals surface area contributed by atoms with Crippen molar-refractivity contribution in [2.45, 2.75) is 18.1 Å². The molecule has 0 aliphatic carbocycles. The minimum Gasteiger partial charge on any atom is -0.485 e. The Labute approximate surface area is 160 Å². The van der Waals surface area contributed by atoms with Crippen molar-refractivity contribution in [1.29, 1.82) is 0 Å². The zero-order chi connectivity index (χ0) is 18.7. The van der Waals surface area contributed by atoms with E-state index in [0.29, 0.717) is 22.8 Å². The van der Waals surface area contributed by atoms with Crippen LogP contribution in [-0.2, 0) is 11.2 Å². The van der Waals surface area contributed by atoms with Crippen LogP contribution in [0.15, 0.2) is 48.5 Å². The van der Waals surface area contributed by atoms with Gasteiger partial charge < -0.3 is 4.74 Å². The second-order valence-electron chi connectivity index (χ2n) is 6.09. The van der Waals surface area contributed by atoms with Crippen molar-refractivity contribution in [2.75, 3.05) is 6.61 Å². The first kappa shape index (κ1) is 18.5. The summed E-state index contributed by atoms with van der Waals surface area (Å²) in [4.78, 5) is 35.4. The Bertz CT molecular complexity index is 868.